The third kappa shape index (κ3) is 7.81. The second-order valence-electron chi connectivity index (χ2n) is 5.96. The molecule has 0 aliphatic carbocycles. The zero-order chi connectivity index (χ0) is 13.1. The van der Waals surface area contributed by atoms with Crippen molar-refractivity contribution in [3.63, 3.8) is 0 Å². The number of hydrogen-bond donors (Lipinski definition) is 1. The first-order chi connectivity index (χ1) is 8.11. The summed E-state index contributed by atoms with van der Waals surface area (Å²) in [6.45, 7) is 14.0. The lowest BCUT2D eigenvalue weighted by molar-refractivity contribution is 0.200. The molecule has 0 amide bonds. The number of unbranched alkanes of at least 4 members (excludes halogenated alkanes) is 1. The van der Waals surface area contributed by atoms with E-state index >= 15 is 0 Å². The Labute approximate surface area is 110 Å². The van der Waals surface area contributed by atoms with Crippen LogP contribution in [0.15, 0.2) is 0 Å². The van der Waals surface area contributed by atoms with Gasteiger partial charge in [0.1, 0.15) is 0 Å². The Kier molecular flexibility index (Phi) is 9.91. The van der Waals surface area contributed by atoms with E-state index in [2.05, 4.69) is 39.9 Å². The van der Waals surface area contributed by atoms with Crippen LogP contribution in [0.3, 0.4) is 0 Å². The standard InChI is InChI=1S/C16H35N/c1-6-10-11-15(8-3)13-16(5,12-7-2)14-17-9-4/h15,17H,6-14H2,1-5H3. The van der Waals surface area contributed by atoms with Crippen molar-refractivity contribution in [3.05, 3.63) is 0 Å². The molecule has 0 bridgehead atoms. The van der Waals surface area contributed by atoms with Gasteiger partial charge in [-0.15, -0.1) is 0 Å². The molecule has 0 fully saturated rings. The van der Waals surface area contributed by atoms with E-state index in [1.54, 1.807) is 0 Å². The van der Waals surface area contributed by atoms with Crippen molar-refractivity contribution < 1.29 is 0 Å². The van der Waals surface area contributed by atoms with Crippen LogP contribution in [-0.2, 0) is 0 Å². The second kappa shape index (κ2) is 9.94. The lowest BCUT2D eigenvalue weighted by Crippen LogP contribution is -2.33. The molecular formula is C16H35N. The first kappa shape index (κ1) is 17.0. The van der Waals surface area contributed by atoms with E-state index < -0.39 is 0 Å². The molecule has 0 aliphatic heterocycles. The molecule has 0 heterocycles. The summed E-state index contributed by atoms with van der Waals surface area (Å²) in [4.78, 5) is 0. The summed E-state index contributed by atoms with van der Waals surface area (Å²) in [5, 5.41) is 3.56. The van der Waals surface area contributed by atoms with E-state index in [-0.39, 0.29) is 0 Å². The minimum absolute atomic E-state index is 0.513. The summed E-state index contributed by atoms with van der Waals surface area (Å²) in [6.07, 6.45) is 9.61. The van der Waals surface area contributed by atoms with Crippen molar-refractivity contribution >= 4 is 0 Å². The molecule has 0 aliphatic rings. The summed E-state index contributed by atoms with van der Waals surface area (Å²) in [5.74, 6) is 0.935. The average molecular weight is 241 g/mol. The van der Waals surface area contributed by atoms with E-state index in [1.165, 1.54) is 51.5 Å². The number of nitrogens with one attached hydrogen (secondary N) is 1. The average Bonchev–Trinajstić information content (AvgIpc) is 2.32. The van der Waals surface area contributed by atoms with E-state index in [4.69, 9.17) is 0 Å². The maximum absolute atomic E-state index is 3.56. The fraction of sp³-hybridized carbons (Fsp3) is 1.00. The van der Waals surface area contributed by atoms with Crippen molar-refractivity contribution in [3.8, 4) is 0 Å². The van der Waals surface area contributed by atoms with Gasteiger partial charge in [0.2, 0.25) is 0 Å². The van der Waals surface area contributed by atoms with Crippen molar-refractivity contribution in [2.45, 2.75) is 79.6 Å². The maximum atomic E-state index is 3.56. The van der Waals surface area contributed by atoms with Crippen LogP contribution in [0.2, 0.25) is 0 Å². The summed E-state index contributed by atoms with van der Waals surface area (Å²) >= 11 is 0. The molecule has 1 N–H and O–H groups in total. The molecule has 0 saturated carbocycles. The second-order valence-corrected chi connectivity index (χ2v) is 5.96. The van der Waals surface area contributed by atoms with Gasteiger partial charge >= 0.3 is 0 Å². The van der Waals surface area contributed by atoms with Crippen LogP contribution in [0.1, 0.15) is 79.6 Å². The molecule has 0 spiro atoms. The van der Waals surface area contributed by atoms with Crippen LogP contribution in [-0.4, -0.2) is 13.1 Å². The molecule has 0 aromatic heterocycles. The summed E-state index contributed by atoms with van der Waals surface area (Å²) in [7, 11) is 0. The minimum Gasteiger partial charge on any atom is -0.316 e. The highest BCUT2D eigenvalue weighted by atomic mass is 14.9. The van der Waals surface area contributed by atoms with Crippen LogP contribution in [0, 0.1) is 11.3 Å². The highest BCUT2D eigenvalue weighted by molar-refractivity contribution is 4.79. The SMILES string of the molecule is CCCCC(CC)CC(C)(CCC)CNCC. The lowest BCUT2D eigenvalue weighted by Gasteiger charge is -2.33. The number of rotatable bonds is 11. The van der Waals surface area contributed by atoms with Gasteiger partial charge in [-0.3, -0.25) is 0 Å². The minimum atomic E-state index is 0.513. The molecule has 1 heteroatoms. The van der Waals surface area contributed by atoms with Gasteiger partial charge in [-0.1, -0.05) is 66.7 Å². The molecule has 1 nitrogen and oxygen atoms in total. The number of hydrogen-bond acceptors (Lipinski definition) is 1. The van der Waals surface area contributed by atoms with Crippen LogP contribution in [0.4, 0.5) is 0 Å². The monoisotopic (exact) mass is 241 g/mol. The van der Waals surface area contributed by atoms with Crippen molar-refractivity contribution in [1.82, 2.24) is 5.32 Å². The van der Waals surface area contributed by atoms with Crippen LogP contribution in [0.25, 0.3) is 0 Å². The molecule has 2 atom stereocenters. The third-order valence-electron chi connectivity index (χ3n) is 3.98. The molecule has 2 unspecified atom stereocenters. The summed E-state index contributed by atoms with van der Waals surface area (Å²) in [5.41, 5.74) is 0.513. The van der Waals surface area contributed by atoms with Crippen molar-refractivity contribution in [2.75, 3.05) is 13.1 Å². The molecule has 0 aromatic carbocycles. The Bertz CT molecular complexity index is 167. The maximum Gasteiger partial charge on any atom is 0.000514 e. The Hall–Kier alpha value is -0.0400. The molecular weight excluding hydrogens is 206 g/mol. The van der Waals surface area contributed by atoms with Gasteiger partial charge in [-0.05, 0) is 30.7 Å². The quantitative estimate of drug-likeness (QED) is 0.536. The Morgan fingerprint density at radius 2 is 1.76 bits per heavy atom. The molecule has 0 radical (unpaired) electrons. The van der Waals surface area contributed by atoms with E-state index in [9.17, 15) is 0 Å². The Morgan fingerprint density at radius 3 is 2.24 bits per heavy atom. The van der Waals surface area contributed by atoms with E-state index in [1.807, 2.05) is 0 Å². The highest BCUT2D eigenvalue weighted by Crippen LogP contribution is 2.34. The molecule has 104 valence electrons. The zero-order valence-corrected chi connectivity index (χ0v) is 12.9. The third-order valence-corrected chi connectivity index (χ3v) is 3.98. The normalized spacial score (nSPS) is 16.8. The Morgan fingerprint density at radius 1 is 1.06 bits per heavy atom. The molecule has 17 heavy (non-hydrogen) atoms. The van der Waals surface area contributed by atoms with Crippen molar-refractivity contribution in [1.29, 1.82) is 0 Å². The molecule has 0 saturated heterocycles. The lowest BCUT2D eigenvalue weighted by atomic mass is 9.75. The predicted octanol–water partition coefficient (Wildman–Crippen LogP) is 5.01. The topological polar surface area (TPSA) is 12.0 Å². The Balaban J connectivity index is 4.26. The van der Waals surface area contributed by atoms with Gasteiger partial charge in [0.05, 0.1) is 0 Å². The van der Waals surface area contributed by atoms with Crippen LogP contribution in [0.5, 0.6) is 0 Å². The largest absolute Gasteiger partial charge is 0.316 e. The van der Waals surface area contributed by atoms with Crippen LogP contribution >= 0.6 is 0 Å². The van der Waals surface area contributed by atoms with Gasteiger partial charge in [0, 0.05) is 6.54 Å². The van der Waals surface area contributed by atoms with Gasteiger partial charge in [0.15, 0.2) is 0 Å². The zero-order valence-electron chi connectivity index (χ0n) is 12.9. The van der Waals surface area contributed by atoms with Gasteiger partial charge in [0.25, 0.3) is 0 Å². The van der Waals surface area contributed by atoms with Crippen LogP contribution < -0.4 is 5.32 Å². The molecule has 0 aromatic rings. The molecule has 0 rings (SSSR count). The van der Waals surface area contributed by atoms with Gasteiger partial charge < -0.3 is 5.32 Å². The smallest absolute Gasteiger partial charge is 0.000514 e. The van der Waals surface area contributed by atoms with Gasteiger partial charge in [-0.25, -0.2) is 0 Å². The van der Waals surface area contributed by atoms with Gasteiger partial charge in [-0.2, -0.15) is 0 Å². The fourth-order valence-corrected chi connectivity index (χ4v) is 2.93. The van der Waals surface area contributed by atoms with E-state index in [0.29, 0.717) is 5.41 Å². The highest BCUT2D eigenvalue weighted by Gasteiger charge is 2.26. The fourth-order valence-electron chi connectivity index (χ4n) is 2.93. The van der Waals surface area contributed by atoms with E-state index in [0.717, 1.165) is 12.5 Å². The first-order valence-corrected chi connectivity index (χ1v) is 7.82. The predicted molar refractivity (Wildman–Crippen MR) is 79.5 cm³/mol. The van der Waals surface area contributed by atoms with Crippen molar-refractivity contribution in [2.24, 2.45) is 11.3 Å². The summed E-state index contributed by atoms with van der Waals surface area (Å²) in [6, 6.07) is 0. The first-order valence-electron chi connectivity index (χ1n) is 7.82. The summed E-state index contributed by atoms with van der Waals surface area (Å²) < 4.78 is 0.